The Kier molecular flexibility index (Phi) is 7.98. The minimum Gasteiger partial charge on any atom is -0.397 e. The average molecular weight is 505 g/mol. The fraction of sp³-hybridized carbons (Fsp3) is 0.241. The number of carbonyl (C=O) groups excluding carboxylic acids is 2. The second-order valence-corrected chi connectivity index (χ2v) is 9.45. The van der Waals surface area contributed by atoms with Gasteiger partial charge in [-0.05, 0) is 55.3 Å². The van der Waals surface area contributed by atoms with Crippen molar-refractivity contribution < 1.29 is 18.4 Å². The van der Waals surface area contributed by atoms with Gasteiger partial charge in [-0.1, -0.05) is 36.4 Å². The van der Waals surface area contributed by atoms with Gasteiger partial charge in [0, 0.05) is 37.2 Å². The van der Waals surface area contributed by atoms with Crippen molar-refractivity contribution in [3.05, 3.63) is 95.6 Å². The number of nitrogens with one attached hydrogen (secondary N) is 2. The molecule has 8 heteroatoms. The third kappa shape index (κ3) is 6.40. The number of hydrogen-bond donors (Lipinski definition) is 3. The topological polar surface area (TPSA) is 87.5 Å². The summed E-state index contributed by atoms with van der Waals surface area (Å²) in [5.41, 5.74) is 8.66. The largest absolute Gasteiger partial charge is 0.397 e. The molecule has 1 fully saturated rings. The number of rotatable bonds is 7. The van der Waals surface area contributed by atoms with Crippen molar-refractivity contribution >= 4 is 35.0 Å². The van der Waals surface area contributed by atoms with Gasteiger partial charge in [0.2, 0.25) is 11.8 Å². The molecule has 192 valence electrons. The van der Waals surface area contributed by atoms with Gasteiger partial charge in [0.05, 0.1) is 23.0 Å². The van der Waals surface area contributed by atoms with Gasteiger partial charge in [-0.3, -0.25) is 14.5 Å². The summed E-state index contributed by atoms with van der Waals surface area (Å²) in [6.07, 6.45) is 3.14. The van der Waals surface area contributed by atoms with E-state index in [1.807, 2.05) is 24.3 Å². The highest BCUT2D eigenvalue weighted by Crippen LogP contribution is 2.35. The predicted octanol–water partition coefficient (Wildman–Crippen LogP) is 5.26. The Morgan fingerprint density at radius 1 is 0.973 bits per heavy atom. The summed E-state index contributed by atoms with van der Waals surface area (Å²) in [6.45, 7) is 5.34. The van der Waals surface area contributed by atoms with E-state index in [0.717, 1.165) is 23.3 Å². The zero-order valence-electron chi connectivity index (χ0n) is 20.7. The van der Waals surface area contributed by atoms with Crippen LogP contribution < -0.4 is 16.4 Å². The van der Waals surface area contributed by atoms with Gasteiger partial charge >= 0.3 is 0 Å². The molecule has 4 rings (SSSR count). The van der Waals surface area contributed by atoms with E-state index in [0.29, 0.717) is 24.5 Å². The quantitative estimate of drug-likeness (QED) is 0.303. The van der Waals surface area contributed by atoms with Crippen molar-refractivity contribution in [3.8, 4) is 0 Å². The minimum absolute atomic E-state index is 0.0378. The Hall–Kier alpha value is -4.04. The summed E-state index contributed by atoms with van der Waals surface area (Å²) in [5, 5.41) is 5.38. The molecule has 0 saturated carbocycles. The second kappa shape index (κ2) is 11.3. The van der Waals surface area contributed by atoms with E-state index in [9.17, 15) is 18.4 Å². The second-order valence-electron chi connectivity index (χ2n) is 9.45. The van der Waals surface area contributed by atoms with Crippen molar-refractivity contribution in [1.29, 1.82) is 0 Å². The van der Waals surface area contributed by atoms with Crippen molar-refractivity contribution in [3.63, 3.8) is 0 Å². The van der Waals surface area contributed by atoms with Gasteiger partial charge in [-0.2, -0.15) is 0 Å². The van der Waals surface area contributed by atoms with Crippen LogP contribution in [0.25, 0.3) is 6.08 Å². The first kappa shape index (κ1) is 26.0. The van der Waals surface area contributed by atoms with E-state index in [4.69, 9.17) is 5.73 Å². The molecule has 0 bridgehead atoms. The van der Waals surface area contributed by atoms with Crippen LogP contribution in [0.1, 0.15) is 30.9 Å². The third-order valence-electron chi connectivity index (χ3n) is 6.61. The maximum absolute atomic E-state index is 14.1. The number of amides is 2. The summed E-state index contributed by atoms with van der Waals surface area (Å²) in [6, 6.07) is 18.0. The van der Waals surface area contributed by atoms with Gasteiger partial charge in [-0.25, -0.2) is 8.78 Å². The monoisotopic (exact) mass is 504 g/mol. The fourth-order valence-corrected chi connectivity index (χ4v) is 4.49. The van der Waals surface area contributed by atoms with E-state index in [1.165, 1.54) is 12.1 Å². The highest BCUT2D eigenvalue weighted by Gasteiger charge is 2.39. The first-order chi connectivity index (χ1) is 17.7. The van der Waals surface area contributed by atoms with Crippen LogP contribution in [-0.2, 0) is 9.59 Å². The van der Waals surface area contributed by atoms with Gasteiger partial charge in [0.15, 0.2) is 0 Å². The smallest absolute Gasteiger partial charge is 0.248 e. The number of para-hydroxylation sites is 2. The van der Waals surface area contributed by atoms with Crippen LogP contribution in [0.15, 0.2) is 72.8 Å². The number of anilines is 3. The lowest BCUT2D eigenvalue weighted by atomic mass is 9.88. The zero-order chi connectivity index (χ0) is 26.5. The Labute approximate surface area is 215 Å². The molecule has 4 N–H and O–H groups in total. The molecule has 1 heterocycles. The molecule has 3 aromatic carbocycles. The lowest BCUT2D eigenvalue weighted by Gasteiger charge is -2.20. The Balaban J connectivity index is 1.46. The summed E-state index contributed by atoms with van der Waals surface area (Å²) in [5.74, 6) is -2.62. The number of nitrogens with two attached hydrogens (primary N) is 1. The molecule has 0 spiro atoms. The van der Waals surface area contributed by atoms with Crippen LogP contribution in [0.3, 0.4) is 0 Å². The van der Waals surface area contributed by atoms with Crippen LogP contribution in [0.5, 0.6) is 0 Å². The molecular formula is C29H30F2N4O2. The maximum atomic E-state index is 14.1. The molecule has 1 aliphatic rings. The zero-order valence-corrected chi connectivity index (χ0v) is 20.7. The number of likely N-dealkylation sites (tertiary alicyclic amines) is 1. The highest BCUT2D eigenvalue weighted by molar-refractivity contribution is 6.03. The normalized spacial score (nSPS) is 17.9. The molecular weight excluding hydrogens is 474 g/mol. The molecule has 0 aliphatic carbocycles. The Morgan fingerprint density at radius 2 is 1.70 bits per heavy atom. The lowest BCUT2D eigenvalue weighted by Crippen LogP contribution is -2.31. The van der Waals surface area contributed by atoms with E-state index < -0.39 is 17.6 Å². The molecule has 1 aliphatic heterocycles. The standard InChI is InChI=1S/C29H30F2N4O2/c1-18(2)35-16-22(23(17-35)29(37)34-26-13-12-21(30)15-24(26)31)20-10-7-19(8-11-20)9-14-28(36)33-27-6-4-3-5-25(27)32/h3-15,18,22-23H,16-17,32H2,1-2H3,(H,33,36)(H,34,37). The third-order valence-corrected chi connectivity index (χ3v) is 6.61. The van der Waals surface area contributed by atoms with Crippen molar-refractivity contribution in [2.24, 2.45) is 5.92 Å². The van der Waals surface area contributed by atoms with Crippen LogP contribution in [0, 0.1) is 17.6 Å². The molecule has 1 saturated heterocycles. The number of nitrogen functional groups attached to an aromatic ring is 1. The SMILES string of the molecule is CC(C)N1CC(C(=O)Nc2ccc(F)cc2F)C(c2ccc(C=CC(=O)Nc3ccccc3N)cc2)C1. The van der Waals surface area contributed by atoms with Crippen LogP contribution >= 0.6 is 0 Å². The van der Waals surface area contributed by atoms with Crippen LogP contribution in [0.4, 0.5) is 25.8 Å². The van der Waals surface area contributed by atoms with Crippen LogP contribution in [-0.4, -0.2) is 35.8 Å². The van der Waals surface area contributed by atoms with Gasteiger partial charge in [-0.15, -0.1) is 0 Å². The number of benzene rings is 3. The molecule has 3 aromatic rings. The van der Waals surface area contributed by atoms with E-state index in [1.54, 1.807) is 30.3 Å². The first-order valence-electron chi connectivity index (χ1n) is 12.1. The summed E-state index contributed by atoms with van der Waals surface area (Å²) < 4.78 is 27.4. The summed E-state index contributed by atoms with van der Waals surface area (Å²) in [4.78, 5) is 27.6. The first-order valence-corrected chi connectivity index (χ1v) is 12.1. The molecule has 2 amide bonds. The molecule has 2 atom stereocenters. The van der Waals surface area contributed by atoms with Gasteiger partial charge in [0.25, 0.3) is 0 Å². The molecule has 0 radical (unpaired) electrons. The van der Waals surface area contributed by atoms with E-state index in [2.05, 4.69) is 29.4 Å². The minimum atomic E-state index is -0.807. The van der Waals surface area contributed by atoms with Gasteiger partial charge < -0.3 is 16.4 Å². The average Bonchev–Trinajstić information content (AvgIpc) is 3.32. The lowest BCUT2D eigenvalue weighted by molar-refractivity contribution is -0.120. The van der Waals surface area contributed by atoms with Crippen molar-refractivity contribution in [2.75, 3.05) is 29.5 Å². The van der Waals surface area contributed by atoms with Crippen LogP contribution in [0.2, 0.25) is 0 Å². The van der Waals surface area contributed by atoms with E-state index >= 15 is 0 Å². The molecule has 2 unspecified atom stereocenters. The molecule has 6 nitrogen and oxygen atoms in total. The Bertz CT molecular complexity index is 1310. The summed E-state index contributed by atoms with van der Waals surface area (Å²) >= 11 is 0. The Morgan fingerprint density at radius 3 is 2.38 bits per heavy atom. The summed E-state index contributed by atoms with van der Waals surface area (Å²) in [7, 11) is 0. The number of carbonyl (C=O) groups is 2. The molecule has 37 heavy (non-hydrogen) atoms. The van der Waals surface area contributed by atoms with Gasteiger partial charge in [0.1, 0.15) is 11.6 Å². The highest BCUT2D eigenvalue weighted by atomic mass is 19.1. The number of hydrogen-bond acceptors (Lipinski definition) is 4. The van der Waals surface area contributed by atoms with E-state index in [-0.39, 0.29) is 29.5 Å². The fourth-order valence-electron chi connectivity index (χ4n) is 4.49. The number of halogens is 2. The van der Waals surface area contributed by atoms with Crippen molar-refractivity contribution in [1.82, 2.24) is 4.90 Å². The molecule has 0 aromatic heterocycles. The number of nitrogens with zero attached hydrogens (tertiary/aromatic N) is 1. The maximum Gasteiger partial charge on any atom is 0.248 e. The van der Waals surface area contributed by atoms with Crippen molar-refractivity contribution in [2.45, 2.75) is 25.8 Å². The predicted molar refractivity (Wildman–Crippen MR) is 143 cm³/mol.